The number of urea groups is 1. The molecule has 0 unspecified atom stereocenters. The molecule has 0 bridgehead atoms. The number of ether oxygens (including phenoxy) is 1. The molecule has 1 aliphatic carbocycles. The molecule has 1 heterocycles. The van der Waals surface area contributed by atoms with E-state index in [0.717, 1.165) is 24.1 Å². The number of benzene rings is 2. The van der Waals surface area contributed by atoms with Crippen LogP contribution in [0.2, 0.25) is 0 Å². The molecule has 1 saturated carbocycles. The molecule has 2 amide bonds. The summed E-state index contributed by atoms with van der Waals surface area (Å²) < 4.78 is 5.57. The summed E-state index contributed by atoms with van der Waals surface area (Å²) in [5.41, 5.74) is 1.85. The predicted octanol–water partition coefficient (Wildman–Crippen LogP) is 4.47. The molecule has 136 valence electrons. The maximum atomic E-state index is 12.7. The molecule has 6 heteroatoms. The lowest BCUT2D eigenvalue weighted by Gasteiger charge is -2.23. The third kappa shape index (κ3) is 4.61. The fourth-order valence-corrected chi connectivity index (χ4v) is 2.78. The summed E-state index contributed by atoms with van der Waals surface area (Å²) >= 11 is 0. The molecule has 27 heavy (non-hydrogen) atoms. The van der Waals surface area contributed by atoms with E-state index < -0.39 is 0 Å². The highest BCUT2D eigenvalue weighted by Crippen LogP contribution is 2.29. The molecule has 1 aliphatic rings. The Kier molecular flexibility index (Phi) is 4.96. The van der Waals surface area contributed by atoms with Gasteiger partial charge in [0.25, 0.3) is 0 Å². The molecular weight excluding hydrogens is 340 g/mol. The van der Waals surface area contributed by atoms with Gasteiger partial charge in [0.2, 0.25) is 0 Å². The lowest BCUT2D eigenvalue weighted by molar-refractivity contribution is 0.206. The van der Waals surface area contributed by atoms with E-state index in [2.05, 4.69) is 15.3 Å². The zero-order valence-corrected chi connectivity index (χ0v) is 14.8. The zero-order valence-electron chi connectivity index (χ0n) is 14.8. The summed E-state index contributed by atoms with van der Waals surface area (Å²) in [5, 5.41) is 2.97. The molecule has 0 atom stereocenters. The van der Waals surface area contributed by atoms with Gasteiger partial charge in [-0.3, -0.25) is 0 Å². The summed E-state index contributed by atoms with van der Waals surface area (Å²) in [7, 11) is 0. The van der Waals surface area contributed by atoms with E-state index in [1.165, 1.54) is 0 Å². The Labute approximate surface area is 157 Å². The van der Waals surface area contributed by atoms with E-state index in [0.29, 0.717) is 18.3 Å². The highest BCUT2D eigenvalue weighted by Gasteiger charge is 2.32. The number of anilines is 1. The summed E-state index contributed by atoms with van der Waals surface area (Å²) in [6, 6.07) is 19.5. The quantitative estimate of drug-likeness (QED) is 0.704. The first-order valence-electron chi connectivity index (χ1n) is 8.94. The Balaban J connectivity index is 1.39. The molecular formula is C21H20N4O2. The first-order chi connectivity index (χ1) is 13.3. The Morgan fingerprint density at radius 2 is 1.70 bits per heavy atom. The lowest BCUT2D eigenvalue weighted by Crippen LogP contribution is -2.36. The van der Waals surface area contributed by atoms with Crippen molar-refractivity contribution in [1.29, 1.82) is 0 Å². The molecule has 0 radical (unpaired) electrons. The van der Waals surface area contributed by atoms with Crippen molar-refractivity contribution in [3.8, 4) is 11.8 Å². The molecule has 0 saturated heterocycles. The monoisotopic (exact) mass is 360 g/mol. The number of hydrogen-bond acceptors (Lipinski definition) is 4. The molecule has 0 spiro atoms. The van der Waals surface area contributed by atoms with Crippen molar-refractivity contribution >= 4 is 11.7 Å². The Morgan fingerprint density at radius 3 is 2.37 bits per heavy atom. The van der Waals surface area contributed by atoms with Gasteiger partial charge in [-0.1, -0.05) is 30.3 Å². The number of nitrogens with zero attached hydrogens (tertiary/aromatic N) is 3. The molecule has 6 nitrogen and oxygen atoms in total. The number of hydrogen-bond donors (Lipinski definition) is 1. The van der Waals surface area contributed by atoms with Gasteiger partial charge in [0.1, 0.15) is 5.75 Å². The second-order valence-corrected chi connectivity index (χ2v) is 6.43. The number of carbonyl (C=O) groups is 1. The Bertz CT molecular complexity index is 881. The number of amides is 2. The van der Waals surface area contributed by atoms with Crippen LogP contribution in [0.5, 0.6) is 11.8 Å². The van der Waals surface area contributed by atoms with Crippen molar-refractivity contribution in [1.82, 2.24) is 14.9 Å². The largest absolute Gasteiger partial charge is 0.424 e. The van der Waals surface area contributed by atoms with Gasteiger partial charge < -0.3 is 15.0 Å². The average molecular weight is 360 g/mol. The van der Waals surface area contributed by atoms with Gasteiger partial charge in [0.05, 0.1) is 0 Å². The molecule has 4 rings (SSSR count). The van der Waals surface area contributed by atoms with Crippen molar-refractivity contribution < 1.29 is 9.53 Å². The normalized spacial score (nSPS) is 13.0. The van der Waals surface area contributed by atoms with E-state index in [9.17, 15) is 4.79 Å². The summed E-state index contributed by atoms with van der Waals surface area (Å²) in [6.07, 6.45) is 5.36. The Morgan fingerprint density at radius 1 is 1.00 bits per heavy atom. The van der Waals surface area contributed by atoms with E-state index in [1.54, 1.807) is 30.6 Å². The third-order valence-electron chi connectivity index (χ3n) is 4.30. The average Bonchev–Trinajstić information content (AvgIpc) is 3.54. The Hall–Kier alpha value is -3.41. The molecule has 0 aliphatic heterocycles. The summed E-state index contributed by atoms with van der Waals surface area (Å²) in [4.78, 5) is 22.7. The number of carbonyl (C=O) groups excluding carboxylic acids is 1. The van der Waals surface area contributed by atoms with Crippen LogP contribution in [0.15, 0.2) is 73.1 Å². The molecule has 1 N–H and O–H groups in total. The van der Waals surface area contributed by atoms with Gasteiger partial charge in [-0.15, -0.1) is 0 Å². The fourth-order valence-electron chi connectivity index (χ4n) is 2.78. The molecule has 2 aromatic carbocycles. The van der Waals surface area contributed by atoms with E-state index in [4.69, 9.17) is 4.74 Å². The van der Waals surface area contributed by atoms with Crippen LogP contribution in [0, 0.1) is 0 Å². The highest BCUT2D eigenvalue weighted by molar-refractivity contribution is 5.89. The second-order valence-electron chi connectivity index (χ2n) is 6.43. The smallest absolute Gasteiger partial charge is 0.322 e. The summed E-state index contributed by atoms with van der Waals surface area (Å²) in [5.74, 6) is 0.613. The number of aromatic nitrogens is 2. The number of nitrogens with one attached hydrogen (secondary N) is 1. The van der Waals surface area contributed by atoms with Gasteiger partial charge in [-0.25, -0.2) is 14.8 Å². The van der Waals surface area contributed by atoms with Gasteiger partial charge in [-0.05, 0) is 48.7 Å². The predicted molar refractivity (Wildman–Crippen MR) is 103 cm³/mol. The maximum Gasteiger partial charge on any atom is 0.322 e. The first kappa shape index (κ1) is 17.0. The van der Waals surface area contributed by atoms with Crippen molar-refractivity contribution in [2.45, 2.75) is 25.4 Å². The first-order valence-corrected chi connectivity index (χ1v) is 8.94. The fraction of sp³-hybridized carbons (Fsp3) is 0.190. The minimum atomic E-state index is -0.0820. The lowest BCUT2D eigenvalue weighted by atomic mass is 10.2. The highest BCUT2D eigenvalue weighted by atomic mass is 16.5. The van der Waals surface area contributed by atoms with Crippen LogP contribution < -0.4 is 10.1 Å². The molecule has 1 aromatic heterocycles. The second kappa shape index (κ2) is 7.86. The van der Waals surface area contributed by atoms with Crippen LogP contribution in [0.4, 0.5) is 10.5 Å². The zero-order chi connectivity index (χ0) is 18.5. The van der Waals surface area contributed by atoms with Crippen LogP contribution in [0.3, 0.4) is 0 Å². The number of rotatable bonds is 6. The van der Waals surface area contributed by atoms with Crippen LogP contribution in [-0.4, -0.2) is 26.9 Å². The van der Waals surface area contributed by atoms with Gasteiger partial charge in [0, 0.05) is 30.7 Å². The molecule has 3 aromatic rings. The van der Waals surface area contributed by atoms with Gasteiger partial charge in [0.15, 0.2) is 0 Å². The van der Waals surface area contributed by atoms with Crippen LogP contribution in [0.25, 0.3) is 0 Å². The van der Waals surface area contributed by atoms with Crippen molar-refractivity contribution in [2.75, 3.05) is 5.32 Å². The SMILES string of the molecule is O=C(Nc1ccc(Oc2ncccn2)cc1)N(Cc1ccccc1)C1CC1. The van der Waals surface area contributed by atoms with Crippen molar-refractivity contribution in [3.05, 3.63) is 78.6 Å². The molecule has 1 fully saturated rings. The van der Waals surface area contributed by atoms with Gasteiger partial charge >= 0.3 is 12.0 Å². The van der Waals surface area contributed by atoms with Crippen LogP contribution in [-0.2, 0) is 6.54 Å². The third-order valence-corrected chi connectivity index (χ3v) is 4.30. The van der Waals surface area contributed by atoms with E-state index in [1.807, 2.05) is 47.4 Å². The van der Waals surface area contributed by atoms with Crippen molar-refractivity contribution in [2.24, 2.45) is 0 Å². The van der Waals surface area contributed by atoms with E-state index >= 15 is 0 Å². The van der Waals surface area contributed by atoms with Crippen molar-refractivity contribution in [3.63, 3.8) is 0 Å². The maximum absolute atomic E-state index is 12.7. The summed E-state index contributed by atoms with van der Waals surface area (Å²) in [6.45, 7) is 0.615. The minimum Gasteiger partial charge on any atom is -0.424 e. The van der Waals surface area contributed by atoms with Crippen LogP contribution >= 0.6 is 0 Å². The minimum absolute atomic E-state index is 0.0820. The van der Waals surface area contributed by atoms with E-state index in [-0.39, 0.29) is 12.0 Å². The standard InChI is InChI=1S/C21H20N4O2/c26-21(25(18-9-10-18)15-16-5-2-1-3-6-16)24-17-7-11-19(12-8-17)27-20-22-13-4-14-23-20/h1-8,11-14,18H,9-10,15H2,(H,24,26). The van der Waals surface area contributed by atoms with Gasteiger partial charge in [-0.2, -0.15) is 0 Å². The topological polar surface area (TPSA) is 67.3 Å². The van der Waals surface area contributed by atoms with Crippen LogP contribution in [0.1, 0.15) is 18.4 Å².